The first kappa shape index (κ1) is 15.4. The zero-order valence-electron chi connectivity index (χ0n) is 10.7. The van der Waals surface area contributed by atoms with Crippen LogP contribution in [0.25, 0.3) is 11.0 Å². The summed E-state index contributed by atoms with van der Waals surface area (Å²) in [4.78, 5) is 15.7. The Morgan fingerprint density at radius 3 is 2.84 bits per heavy atom. The van der Waals surface area contributed by atoms with Crippen LogP contribution in [0.2, 0.25) is 0 Å². The predicted octanol–water partition coefficient (Wildman–Crippen LogP) is 1.81. The molecule has 5 nitrogen and oxygen atoms in total. The molecule has 1 aromatic carbocycles. The number of imidazole rings is 1. The van der Waals surface area contributed by atoms with E-state index in [2.05, 4.69) is 10.3 Å². The van der Waals surface area contributed by atoms with E-state index in [1.165, 1.54) is 6.07 Å². The standard InChI is InChI=1S/C12H15FN4O.ClH/c1-7(14)6-10(18)15-12-16-11-8(13)4-3-5-9(11)17(12)2;/h3-5,7H,6,14H2,1-2H3,(H,15,16,18);1H. The maximum absolute atomic E-state index is 13.5. The summed E-state index contributed by atoms with van der Waals surface area (Å²) in [7, 11) is 1.72. The smallest absolute Gasteiger partial charge is 0.228 e. The molecule has 1 heterocycles. The van der Waals surface area contributed by atoms with Crippen molar-refractivity contribution >= 4 is 35.3 Å². The highest BCUT2D eigenvalue weighted by atomic mass is 35.5. The van der Waals surface area contributed by atoms with Gasteiger partial charge in [0.25, 0.3) is 0 Å². The van der Waals surface area contributed by atoms with Gasteiger partial charge in [-0.1, -0.05) is 6.07 Å². The predicted molar refractivity (Wildman–Crippen MR) is 74.8 cm³/mol. The molecule has 0 saturated carbocycles. The molecule has 3 N–H and O–H groups in total. The molecule has 2 aromatic rings. The molecule has 0 radical (unpaired) electrons. The van der Waals surface area contributed by atoms with Gasteiger partial charge in [-0.2, -0.15) is 0 Å². The molecule has 0 bridgehead atoms. The van der Waals surface area contributed by atoms with Gasteiger partial charge >= 0.3 is 0 Å². The highest BCUT2D eigenvalue weighted by molar-refractivity contribution is 5.91. The molecule has 0 saturated heterocycles. The van der Waals surface area contributed by atoms with E-state index in [9.17, 15) is 9.18 Å². The van der Waals surface area contributed by atoms with Gasteiger partial charge < -0.3 is 10.3 Å². The van der Waals surface area contributed by atoms with Crippen LogP contribution in [0.3, 0.4) is 0 Å². The molecule has 1 aromatic heterocycles. The monoisotopic (exact) mass is 286 g/mol. The van der Waals surface area contributed by atoms with Crippen LogP contribution in [0.4, 0.5) is 10.3 Å². The summed E-state index contributed by atoms with van der Waals surface area (Å²) in [6.45, 7) is 1.74. The number of nitrogens with one attached hydrogen (secondary N) is 1. The van der Waals surface area contributed by atoms with Crippen LogP contribution >= 0.6 is 12.4 Å². The first-order chi connectivity index (χ1) is 8.49. The molecular weight excluding hydrogens is 271 g/mol. The number of rotatable bonds is 3. The number of hydrogen-bond acceptors (Lipinski definition) is 3. The van der Waals surface area contributed by atoms with E-state index in [0.717, 1.165) is 0 Å². The number of benzene rings is 1. The summed E-state index contributed by atoms with van der Waals surface area (Å²) in [6, 6.07) is 4.46. The molecule has 0 aliphatic heterocycles. The number of nitrogens with two attached hydrogens (primary N) is 1. The lowest BCUT2D eigenvalue weighted by Crippen LogP contribution is -2.24. The molecule has 19 heavy (non-hydrogen) atoms. The Labute approximate surface area is 116 Å². The van der Waals surface area contributed by atoms with Gasteiger partial charge in [0.15, 0.2) is 5.82 Å². The van der Waals surface area contributed by atoms with Crippen molar-refractivity contribution in [3.8, 4) is 0 Å². The van der Waals surface area contributed by atoms with E-state index in [4.69, 9.17) is 5.73 Å². The molecule has 1 atom stereocenters. The van der Waals surface area contributed by atoms with Crippen molar-refractivity contribution in [1.29, 1.82) is 0 Å². The number of carbonyl (C=O) groups is 1. The molecule has 1 unspecified atom stereocenters. The summed E-state index contributed by atoms with van der Waals surface area (Å²) in [5.41, 5.74) is 6.41. The number of carbonyl (C=O) groups excluding carboxylic acids is 1. The summed E-state index contributed by atoms with van der Waals surface area (Å²) in [6.07, 6.45) is 0.200. The molecule has 1 amide bonds. The number of fused-ring (bicyclic) bond motifs is 1. The highest BCUT2D eigenvalue weighted by Crippen LogP contribution is 2.20. The van der Waals surface area contributed by atoms with Crippen molar-refractivity contribution in [2.75, 3.05) is 5.32 Å². The average molecular weight is 287 g/mol. The van der Waals surface area contributed by atoms with Crippen LogP contribution in [0.15, 0.2) is 18.2 Å². The Kier molecular flexibility index (Phi) is 4.85. The number of anilines is 1. The summed E-state index contributed by atoms with van der Waals surface area (Å²) >= 11 is 0. The van der Waals surface area contributed by atoms with Crippen LogP contribution in [-0.4, -0.2) is 21.5 Å². The Balaban J connectivity index is 0.00000180. The normalized spacial score (nSPS) is 12.0. The molecule has 0 aliphatic rings. The number of hydrogen-bond donors (Lipinski definition) is 2. The fourth-order valence-corrected chi connectivity index (χ4v) is 1.76. The Morgan fingerprint density at radius 2 is 2.26 bits per heavy atom. The quantitative estimate of drug-likeness (QED) is 0.904. The Bertz CT molecular complexity index is 597. The first-order valence-corrected chi connectivity index (χ1v) is 5.65. The van der Waals surface area contributed by atoms with Crippen LogP contribution in [0.1, 0.15) is 13.3 Å². The molecule has 2 rings (SSSR count). The van der Waals surface area contributed by atoms with Crippen molar-refractivity contribution < 1.29 is 9.18 Å². The van der Waals surface area contributed by atoms with Crippen LogP contribution in [-0.2, 0) is 11.8 Å². The van der Waals surface area contributed by atoms with Crippen molar-refractivity contribution in [3.05, 3.63) is 24.0 Å². The molecule has 7 heteroatoms. The molecule has 0 aliphatic carbocycles. The van der Waals surface area contributed by atoms with Crippen molar-refractivity contribution in [2.45, 2.75) is 19.4 Å². The van der Waals surface area contributed by atoms with Crippen molar-refractivity contribution in [1.82, 2.24) is 9.55 Å². The van der Waals surface area contributed by atoms with Crippen LogP contribution in [0, 0.1) is 5.82 Å². The number of nitrogens with zero attached hydrogens (tertiary/aromatic N) is 2. The third-order valence-corrected chi connectivity index (χ3v) is 2.62. The van der Waals surface area contributed by atoms with E-state index in [-0.39, 0.29) is 36.3 Å². The van der Waals surface area contributed by atoms with Gasteiger partial charge in [0.05, 0.1) is 5.52 Å². The SMILES string of the molecule is CC(N)CC(=O)Nc1nc2c(F)cccc2n1C.Cl. The Hall–Kier alpha value is -1.66. The van der Waals surface area contributed by atoms with Crippen LogP contribution < -0.4 is 11.1 Å². The second-order valence-corrected chi connectivity index (χ2v) is 4.33. The highest BCUT2D eigenvalue weighted by Gasteiger charge is 2.13. The number of aromatic nitrogens is 2. The minimum absolute atomic E-state index is 0. The van der Waals surface area contributed by atoms with Gasteiger partial charge in [0.1, 0.15) is 5.52 Å². The lowest BCUT2D eigenvalue weighted by atomic mass is 10.2. The zero-order chi connectivity index (χ0) is 13.3. The van der Waals surface area contributed by atoms with Gasteiger partial charge in [-0.15, -0.1) is 12.4 Å². The lowest BCUT2D eigenvalue weighted by molar-refractivity contribution is -0.116. The fraction of sp³-hybridized carbons (Fsp3) is 0.333. The maximum atomic E-state index is 13.5. The lowest BCUT2D eigenvalue weighted by Gasteiger charge is -2.06. The minimum Gasteiger partial charge on any atom is -0.327 e. The number of para-hydroxylation sites is 1. The van der Waals surface area contributed by atoms with E-state index in [1.807, 2.05) is 0 Å². The van der Waals surface area contributed by atoms with Gasteiger partial charge in [-0.25, -0.2) is 9.37 Å². The van der Waals surface area contributed by atoms with E-state index in [0.29, 0.717) is 11.5 Å². The number of aryl methyl sites for hydroxylation is 1. The van der Waals surface area contributed by atoms with Gasteiger partial charge in [0.2, 0.25) is 11.9 Å². The second kappa shape index (κ2) is 5.99. The number of halogens is 2. The topological polar surface area (TPSA) is 72.9 Å². The minimum atomic E-state index is -0.407. The van der Waals surface area contributed by atoms with E-state index < -0.39 is 5.82 Å². The summed E-state index contributed by atoms with van der Waals surface area (Å²) in [5.74, 6) is -0.319. The second-order valence-electron chi connectivity index (χ2n) is 4.33. The van der Waals surface area contributed by atoms with Gasteiger partial charge in [0, 0.05) is 19.5 Å². The van der Waals surface area contributed by atoms with Crippen molar-refractivity contribution in [3.63, 3.8) is 0 Å². The maximum Gasteiger partial charge on any atom is 0.228 e. The summed E-state index contributed by atoms with van der Waals surface area (Å²) in [5, 5.41) is 2.62. The van der Waals surface area contributed by atoms with E-state index >= 15 is 0 Å². The third kappa shape index (κ3) is 3.21. The summed E-state index contributed by atoms with van der Waals surface area (Å²) < 4.78 is 15.2. The van der Waals surface area contributed by atoms with Crippen molar-refractivity contribution in [2.24, 2.45) is 12.8 Å². The fourth-order valence-electron chi connectivity index (χ4n) is 1.76. The molecule has 0 fully saturated rings. The van der Waals surface area contributed by atoms with E-state index in [1.54, 1.807) is 30.7 Å². The largest absolute Gasteiger partial charge is 0.327 e. The number of amides is 1. The molecular formula is C12H16ClFN4O. The first-order valence-electron chi connectivity index (χ1n) is 5.65. The molecule has 0 spiro atoms. The zero-order valence-corrected chi connectivity index (χ0v) is 11.5. The third-order valence-electron chi connectivity index (χ3n) is 2.62. The van der Waals surface area contributed by atoms with Gasteiger partial charge in [-0.05, 0) is 19.1 Å². The average Bonchev–Trinajstić information content (AvgIpc) is 2.57. The Morgan fingerprint density at radius 1 is 1.58 bits per heavy atom. The van der Waals surface area contributed by atoms with Gasteiger partial charge in [-0.3, -0.25) is 10.1 Å². The molecule has 104 valence electrons. The van der Waals surface area contributed by atoms with Crippen LogP contribution in [0.5, 0.6) is 0 Å².